The zero-order valence-corrected chi connectivity index (χ0v) is 11.4. The summed E-state index contributed by atoms with van der Waals surface area (Å²) in [5.41, 5.74) is 6.85. The van der Waals surface area contributed by atoms with Crippen LogP contribution in [-0.2, 0) is 22.3 Å². The zero-order valence-electron chi connectivity index (χ0n) is 10.6. The van der Waals surface area contributed by atoms with Crippen LogP contribution in [0.1, 0.15) is 11.4 Å². The maximum absolute atomic E-state index is 12.2. The molecule has 0 aliphatic carbocycles. The van der Waals surface area contributed by atoms with Crippen LogP contribution in [0.4, 0.5) is 5.69 Å². The number of benzene rings is 1. The van der Waals surface area contributed by atoms with Crippen LogP contribution in [0.2, 0.25) is 0 Å². The molecule has 7 heteroatoms. The molecule has 0 aliphatic heterocycles. The summed E-state index contributed by atoms with van der Waals surface area (Å²) in [6.45, 7) is 0.210. The summed E-state index contributed by atoms with van der Waals surface area (Å²) in [6.07, 6.45) is 3.25. The van der Waals surface area contributed by atoms with E-state index in [1.54, 1.807) is 36.7 Å². The van der Waals surface area contributed by atoms with E-state index in [2.05, 4.69) is 9.97 Å². The van der Waals surface area contributed by atoms with E-state index < -0.39 is 10.0 Å². The van der Waals surface area contributed by atoms with E-state index in [4.69, 9.17) is 5.73 Å². The fraction of sp³-hybridized carbons (Fsp3) is 0.250. The standard InChI is InChI=1S/C12H16N4O2S/c1-16(8-12-14-6-7-15-12)19(17,18)9-10-4-2-3-5-11(10)13/h2-7H,8-9,13H2,1H3,(H,14,15). The summed E-state index contributed by atoms with van der Waals surface area (Å²) in [5, 5.41) is 0. The van der Waals surface area contributed by atoms with Gasteiger partial charge in [0.05, 0.1) is 12.3 Å². The molecular weight excluding hydrogens is 264 g/mol. The van der Waals surface area contributed by atoms with Gasteiger partial charge in [0, 0.05) is 25.1 Å². The molecule has 1 heterocycles. The van der Waals surface area contributed by atoms with Gasteiger partial charge in [0.25, 0.3) is 0 Å². The molecule has 1 aromatic heterocycles. The van der Waals surface area contributed by atoms with Crippen LogP contribution in [-0.4, -0.2) is 29.7 Å². The zero-order chi connectivity index (χ0) is 13.9. The second-order valence-corrected chi connectivity index (χ2v) is 6.32. The van der Waals surface area contributed by atoms with E-state index in [9.17, 15) is 8.42 Å². The number of nitrogens with one attached hydrogen (secondary N) is 1. The number of sulfonamides is 1. The van der Waals surface area contributed by atoms with E-state index in [1.165, 1.54) is 11.4 Å². The first-order valence-electron chi connectivity index (χ1n) is 5.74. The molecule has 2 rings (SSSR count). The van der Waals surface area contributed by atoms with Crippen molar-refractivity contribution in [1.82, 2.24) is 14.3 Å². The third-order valence-electron chi connectivity index (χ3n) is 2.80. The third kappa shape index (κ3) is 3.33. The van der Waals surface area contributed by atoms with Gasteiger partial charge in [-0.25, -0.2) is 13.4 Å². The van der Waals surface area contributed by atoms with Crippen LogP contribution >= 0.6 is 0 Å². The van der Waals surface area contributed by atoms with Crippen molar-refractivity contribution in [1.29, 1.82) is 0 Å². The van der Waals surface area contributed by atoms with Gasteiger partial charge in [-0.15, -0.1) is 0 Å². The number of aromatic nitrogens is 2. The van der Waals surface area contributed by atoms with Gasteiger partial charge >= 0.3 is 0 Å². The fourth-order valence-corrected chi connectivity index (χ4v) is 2.86. The number of rotatable bonds is 5. The fourth-order valence-electron chi connectivity index (χ4n) is 1.67. The maximum atomic E-state index is 12.2. The maximum Gasteiger partial charge on any atom is 0.218 e. The average Bonchev–Trinajstić information content (AvgIpc) is 2.84. The Morgan fingerprint density at radius 2 is 2.11 bits per heavy atom. The number of imidazole rings is 1. The van der Waals surface area contributed by atoms with Gasteiger partial charge in [-0.05, 0) is 11.6 Å². The second-order valence-electron chi connectivity index (χ2n) is 4.25. The lowest BCUT2D eigenvalue weighted by Gasteiger charge is -2.16. The van der Waals surface area contributed by atoms with E-state index in [1.807, 2.05) is 0 Å². The molecule has 102 valence electrons. The third-order valence-corrected chi connectivity index (χ3v) is 4.55. The predicted molar refractivity (Wildman–Crippen MR) is 73.5 cm³/mol. The van der Waals surface area contributed by atoms with Crippen molar-refractivity contribution in [3.63, 3.8) is 0 Å². The number of nitrogens with two attached hydrogens (primary N) is 1. The smallest absolute Gasteiger partial charge is 0.218 e. The van der Waals surface area contributed by atoms with Crippen molar-refractivity contribution in [3.8, 4) is 0 Å². The van der Waals surface area contributed by atoms with E-state index in [0.29, 0.717) is 17.1 Å². The van der Waals surface area contributed by atoms with Crippen molar-refractivity contribution in [2.45, 2.75) is 12.3 Å². The Labute approximate surface area is 112 Å². The summed E-state index contributed by atoms with van der Waals surface area (Å²) in [7, 11) is -1.89. The lowest BCUT2D eigenvalue weighted by atomic mass is 10.2. The largest absolute Gasteiger partial charge is 0.398 e. The van der Waals surface area contributed by atoms with Crippen LogP contribution in [0.5, 0.6) is 0 Å². The summed E-state index contributed by atoms with van der Waals surface area (Å²) < 4.78 is 25.7. The Morgan fingerprint density at radius 3 is 2.74 bits per heavy atom. The number of nitrogen functional groups attached to an aromatic ring is 1. The van der Waals surface area contributed by atoms with E-state index in [-0.39, 0.29) is 12.3 Å². The number of aromatic amines is 1. The van der Waals surface area contributed by atoms with Gasteiger partial charge in [0.15, 0.2) is 0 Å². The molecule has 0 spiro atoms. The van der Waals surface area contributed by atoms with Crippen molar-refractivity contribution in [2.24, 2.45) is 0 Å². The highest BCUT2D eigenvalue weighted by atomic mass is 32.2. The minimum absolute atomic E-state index is 0.114. The number of nitrogens with zero attached hydrogens (tertiary/aromatic N) is 2. The minimum atomic E-state index is -3.42. The van der Waals surface area contributed by atoms with Gasteiger partial charge in [-0.2, -0.15) is 4.31 Å². The first-order chi connectivity index (χ1) is 8.99. The predicted octanol–water partition coefficient (Wildman–Crippen LogP) is 0.954. The van der Waals surface area contributed by atoms with Gasteiger partial charge in [-0.3, -0.25) is 0 Å². The summed E-state index contributed by atoms with van der Waals surface area (Å²) >= 11 is 0. The van der Waals surface area contributed by atoms with E-state index in [0.717, 1.165) is 0 Å². The van der Waals surface area contributed by atoms with Crippen molar-refractivity contribution < 1.29 is 8.42 Å². The van der Waals surface area contributed by atoms with Crippen molar-refractivity contribution in [2.75, 3.05) is 12.8 Å². The van der Waals surface area contributed by atoms with Crippen LogP contribution < -0.4 is 5.73 Å². The molecule has 0 bridgehead atoms. The van der Waals surface area contributed by atoms with Crippen LogP contribution in [0, 0.1) is 0 Å². The van der Waals surface area contributed by atoms with Crippen LogP contribution in [0.25, 0.3) is 0 Å². The summed E-state index contributed by atoms with van der Waals surface area (Å²) in [4.78, 5) is 6.88. The molecule has 0 atom stereocenters. The number of hydrogen-bond donors (Lipinski definition) is 2. The second kappa shape index (κ2) is 5.41. The Balaban J connectivity index is 2.12. The molecule has 1 aromatic carbocycles. The molecule has 0 saturated carbocycles. The minimum Gasteiger partial charge on any atom is -0.398 e. The van der Waals surface area contributed by atoms with Gasteiger partial charge in [0.2, 0.25) is 10.0 Å². The van der Waals surface area contributed by atoms with Crippen molar-refractivity contribution >= 4 is 15.7 Å². The average molecular weight is 280 g/mol. The van der Waals surface area contributed by atoms with Gasteiger partial charge in [0.1, 0.15) is 5.82 Å². The molecule has 0 radical (unpaired) electrons. The number of anilines is 1. The highest BCUT2D eigenvalue weighted by Gasteiger charge is 2.20. The Bertz CT molecular complexity index is 638. The molecule has 0 fully saturated rings. The number of para-hydroxylation sites is 1. The summed E-state index contributed by atoms with van der Waals surface area (Å²) in [6, 6.07) is 6.96. The molecule has 2 aromatic rings. The molecule has 0 unspecified atom stereocenters. The lowest BCUT2D eigenvalue weighted by molar-refractivity contribution is 0.457. The number of hydrogen-bond acceptors (Lipinski definition) is 4. The first-order valence-corrected chi connectivity index (χ1v) is 7.35. The summed E-state index contributed by atoms with van der Waals surface area (Å²) in [5.74, 6) is 0.490. The highest BCUT2D eigenvalue weighted by molar-refractivity contribution is 7.88. The first kappa shape index (κ1) is 13.6. The quantitative estimate of drug-likeness (QED) is 0.798. The van der Waals surface area contributed by atoms with E-state index >= 15 is 0 Å². The molecule has 0 amide bonds. The van der Waals surface area contributed by atoms with Crippen LogP contribution in [0.15, 0.2) is 36.7 Å². The molecule has 0 aliphatic rings. The molecule has 6 nitrogen and oxygen atoms in total. The molecule has 3 N–H and O–H groups in total. The Hall–Kier alpha value is -1.86. The highest BCUT2D eigenvalue weighted by Crippen LogP contribution is 2.16. The molecular formula is C12H16N4O2S. The van der Waals surface area contributed by atoms with Crippen molar-refractivity contribution in [3.05, 3.63) is 48.0 Å². The number of H-pyrrole nitrogens is 1. The van der Waals surface area contributed by atoms with Gasteiger partial charge < -0.3 is 10.7 Å². The molecule has 0 saturated heterocycles. The van der Waals surface area contributed by atoms with Crippen LogP contribution in [0.3, 0.4) is 0 Å². The Morgan fingerprint density at radius 1 is 1.37 bits per heavy atom. The normalized spacial score (nSPS) is 11.9. The Kier molecular flexibility index (Phi) is 3.87. The topological polar surface area (TPSA) is 92.1 Å². The van der Waals surface area contributed by atoms with Gasteiger partial charge in [-0.1, -0.05) is 18.2 Å². The lowest BCUT2D eigenvalue weighted by Crippen LogP contribution is -2.28. The monoisotopic (exact) mass is 280 g/mol. The SMILES string of the molecule is CN(Cc1ncc[nH]1)S(=O)(=O)Cc1ccccc1N. The molecule has 19 heavy (non-hydrogen) atoms.